The molecule has 1 aromatic heterocycles. The Morgan fingerprint density at radius 1 is 1.32 bits per heavy atom. The molecule has 0 fully saturated rings. The number of nitrogens with zero attached hydrogens (tertiary/aromatic N) is 2. The molecule has 1 rings (SSSR count). The Morgan fingerprint density at radius 2 is 1.84 bits per heavy atom. The fraction of sp³-hybridized carbons (Fsp3) is 0.636. The van der Waals surface area contributed by atoms with E-state index in [1.165, 1.54) is 11.6 Å². The molecule has 0 aliphatic carbocycles. The van der Waals surface area contributed by atoms with E-state index in [1.54, 1.807) is 6.92 Å². The first-order valence-electron chi connectivity index (χ1n) is 5.62. The van der Waals surface area contributed by atoms with Crippen molar-refractivity contribution in [2.75, 3.05) is 5.32 Å². The highest BCUT2D eigenvalue weighted by Crippen LogP contribution is 2.28. The molecule has 0 aromatic carbocycles. The van der Waals surface area contributed by atoms with Crippen LogP contribution in [-0.2, 0) is 4.79 Å². The average molecular weight is 281 g/mol. The summed E-state index contributed by atoms with van der Waals surface area (Å²) >= 11 is 0. The van der Waals surface area contributed by atoms with Crippen molar-refractivity contribution in [1.29, 1.82) is 0 Å². The molecule has 1 aromatic rings. The number of carbonyl (C=O) groups excluding carboxylic acids is 1. The Kier molecular flexibility index (Phi) is 4.21. The number of anilines is 1. The third kappa shape index (κ3) is 2.87. The maximum atomic E-state index is 12.9. The van der Waals surface area contributed by atoms with Gasteiger partial charge in [-0.3, -0.25) is 9.48 Å². The highest BCUT2D eigenvalue weighted by atomic mass is 19.3. The normalized spacial score (nSPS) is 12.3. The SMILES string of the molecule is Cc1nn(C(C)C)c(C)c1NC(=O)C(F)(F)C(F)F. The van der Waals surface area contributed by atoms with E-state index >= 15 is 0 Å². The quantitative estimate of drug-likeness (QED) is 0.863. The minimum atomic E-state index is -4.72. The number of hydrogen-bond donors (Lipinski definition) is 1. The molecule has 108 valence electrons. The first-order chi connectivity index (χ1) is 8.59. The van der Waals surface area contributed by atoms with E-state index in [9.17, 15) is 22.4 Å². The van der Waals surface area contributed by atoms with Gasteiger partial charge in [0.2, 0.25) is 0 Å². The molecule has 1 N–H and O–H groups in total. The summed E-state index contributed by atoms with van der Waals surface area (Å²) in [6, 6.07) is -0.0417. The number of carbonyl (C=O) groups is 1. The van der Waals surface area contributed by atoms with E-state index in [4.69, 9.17) is 0 Å². The number of alkyl halides is 4. The van der Waals surface area contributed by atoms with Crippen LogP contribution in [0.3, 0.4) is 0 Å². The van der Waals surface area contributed by atoms with E-state index in [-0.39, 0.29) is 11.7 Å². The highest BCUT2D eigenvalue weighted by Gasteiger charge is 2.49. The standard InChI is InChI=1S/C11H15F4N3O/c1-5(2)18-7(4)8(6(3)17-18)16-10(19)11(14,15)9(12)13/h5,9H,1-4H3,(H,16,19). The van der Waals surface area contributed by atoms with Crippen molar-refractivity contribution in [1.82, 2.24) is 9.78 Å². The Bertz CT molecular complexity index is 483. The molecule has 1 heterocycles. The van der Waals surface area contributed by atoms with Crippen molar-refractivity contribution in [3.63, 3.8) is 0 Å². The Morgan fingerprint density at radius 3 is 2.21 bits per heavy atom. The third-order valence-corrected chi connectivity index (χ3v) is 2.63. The zero-order valence-electron chi connectivity index (χ0n) is 11.0. The maximum Gasteiger partial charge on any atom is 0.383 e. The lowest BCUT2D eigenvalue weighted by molar-refractivity contribution is -0.163. The van der Waals surface area contributed by atoms with Crippen LogP contribution in [0.25, 0.3) is 0 Å². The molecule has 1 amide bonds. The summed E-state index contributed by atoms with van der Waals surface area (Å²) < 4.78 is 51.4. The molecular formula is C11H15F4N3O. The van der Waals surface area contributed by atoms with Crippen LogP contribution in [0.2, 0.25) is 0 Å². The van der Waals surface area contributed by atoms with Crippen molar-refractivity contribution in [3.8, 4) is 0 Å². The maximum absolute atomic E-state index is 12.9. The zero-order valence-corrected chi connectivity index (χ0v) is 11.0. The lowest BCUT2D eigenvalue weighted by Gasteiger charge is -2.15. The summed E-state index contributed by atoms with van der Waals surface area (Å²) in [5, 5.41) is 5.88. The van der Waals surface area contributed by atoms with Crippen LogP contribution in [0.4, 0.5) is 23.2 Å². The van der Waals surface area contributed by atoms with Gasteiger partial charge in [0, 0.05) is 6.04 Å². The van der Waals surface area contributed by atoms with Gasteiger partial charge in [-0.1, -0.05) is 0 Å². The van der Waals surface area contributed by atoms with Crippen LogP contribution in [0, 0.1) is 13.8 Å². The van der Waals surface area contributed by atoms with Crippen molar-refractivity contribution >= 4 is 11.6 Å². The lowest BCUT2D eigenvalue weighted by Crippen LogP contribution is -2.41. The summed E-state index contributed by atoms with van der Waals surface area (Å²) in [6.07, 6.45) is -4.05. The van der Waals surface area contributed by atoms with Gasteiger partial charge in [-0.05, 0) is 27.7 Å². The minimum Gasteiger partial charge on any atom is -0.317 e. The monoisotopic (exact) mass is 281 g/mol. The molecule has 0 bridgehead atoms. The fourth-order valence-electron chi connectivity index (χ4n) is 1.64. The third-order valence-electron chi connectivity index (χ3n) is 2.63. The topological polar surface area (TPSA) is 46.9 Å². The van der Waals surface area contributed by atoms with E-state index < -0.39 is 18.3 Å². The summed E-state index contributed by atoms with van der Waals surface area (Å²) in [7, 11) is 0. The van der Waals surface area contributed by atoms with Gasteiger partial charge in [-0.2, -0.15) is 13.9 Å². The first-order valence-corrected chi connectivity index (χ1v) is 5.62. The molecule has 19 heavy (non-hydrogen) atoms. The largest absolute Gasteiger partial charge is 0.383 e. The molecule has 0 unspecified atom stereocenters. The molecule has 0 saturated heterocycles. The van der Waals surface area contributed by atoms with Gasteiger partial charge in [0.25, 0.3) is 0 Å². The van der Waals surface area contributed by atoms with E-state index in [0.29, 0.717) is 11.4 Å². The fourth-order valence-corrected chi connectivity index (χ4v) is 1.64. The number of nitrogens with one attached hydrogen (secondary N) is 1. The van der Waals surface area contributed by atoms with Gasteiger partial charge in [0.1, 0.15) is 0 Å². The van der Waals surface area contributed by atoms with Crippen LogP contribution in [0.1, 0.15) is 31.3 Å². The number of aryl methyl sites for hydroxylation is 1. The second-order valence-electron chi connectivity index (χ2n) is 4.46. The number of hydrogen-bond acceptors (Lipinski definition) is 2. The summed E-state index contributed by atoms with van der Waals surface area (Å²) in [6.45, 7) is 6.70. The predicted molar refractivity (Wildman–Crippen MR) is 61.7 cm³/mol. The molecule has 0 saturated carbocycles. The molecular weight excluding hydrogens is 266 g/mol. The lowest BCUT2D eigenvalue weighted by atomic mass is 10.2. The number of rotatable bonds is 4. The van der Waals surface area contributed by atoms with Crippen LogP contribution >= 0.6 is 0 Å². The van der Waals surface area contributed by atoms with Crippen molar-refractivity contribution in [2.24, 2.45) is 0 Å². The average Bonchev–Trinajstić information content (AvgIpc) is 2.56. The van der Waals surface area contributed by atoms with Gasteiger partial charge >= 0.3 is 18.3 Å². The van der Waals surface area contributed by atoms with Gasteiger partial charge in [0.05, 0.1) is 17.1 Å². The smallest absolute Gasteiger partial charge is 0.317 e. The molecule has 0 radical (unpaired) electrons. The molecule has 8 heteroatoms. The molecule has 0 atom stereocenters. The summed E-state index contributed by atoms with van der Waals surface area (Å²) in [5.74, 6) is -6.75. The summed E-state index contributed by atoms with van der Waals surface area (Å²) in [4.78, 5) is 11.2. The second-order valence-corrected chi connectivity index (χ2v) is 4.46. The zero-order chi connectivity index (χ0) is 15.0. The predicted octanol–water partition coefficient (Wildman–Crippen LogP) is 2.92. The van der Waals surface area contributed by atoms with Gasteiger partial charge in [-0.25, -0.2) is 8.78 Å². The molecule has 4 nitrogen and oxygen atoms in total. The van der Waals surface area contributed by atoms with Crippen molar-refractivity contribution in [2.45, 2.75) is 46.1 Å². The van der Waals surface area contributed by atoms with E-state index in [0.717, 1.165) is 0 Å². The van der Waals surface area contributed by atoms with Gasteiger partial charge < -0.3 is 5.32 Å². The first kappa shape index (κ1) is 15.5. The number of aromatic nitrogens is 2. The molecule has 0 aliphatic rings. The minimum absolute atomic E-state index is 0.0408. The van der Waals surface area contributed by atoms with Crippen LogP contribution in [0.5, 0.6) is 0 Å². The Balaban J connectivity index is 3.05. The molecule has 0 spiro atoms. The van der Waals surface area contributed by atoms with E-state index in [2.05, 4.69) is 5.10 Å². The van der Waals surface area contributed by atoms with Crippen LogP contribution in [-0.4, -0.2) is 28.0 Å². The van der Waals surface area contributed by atoms with Crippen molar-refractivity contribution < 1.29 is 22.4 Å². The number of halogens is 4. The second kappa shape index (κ2) is 5.18. The van der Waals surface area contributed by atoms with Gasteiger partial charge in [-0.15, -0.1) is 0 Å². The van der Waals surface area contributed by atoms with E-state index in [1.807, 2.05) is 19.2 Å². The number of amides is 1. The molecule has 0 aliphatic heterocycles. The van der Waals surface area contributed by atoms with Crippen LogP contribution in [0.15, 0.2) is 0 Å². The Labute approximate surface area is 107 Å². The highest BCUT2D eigenvalue weighted by molar-refractivity contribution is 5.97. The Hall–Kier alpha value is -1.60. The van der Waals surface area contributed by atoms with Crippen LogP contribution < -0.4 is 5.32 Å². The van der Waals surface area contributed by atoms with Crippen molar-refractivity contribution in [3.05, 3.63) is 11.4 Å². The van der Waals surface area contributed by atoms with Gasteiger partial charge in [0.15, 0.2) is 0 Å². The summed E-state index contributed by atoms with van der Waals surface area (Å²) in [5.41, 5.74) is 0.773.